The van der Waals surface area contributed by atoms with E-state index in [0.717, 1.165) is 18.4 Å². The van der Waals surface area contributed by atoms with Crippen molar-refractivity contribution >= 4 is 24.0 Å². The first-order valence-electron chi connectivity index (χ1n) is 4.48. The molecule has 0 saturated heterocycles. The first-order chi connectivity index (χ1) is 6.48. The maximum absolute atomic E-state index is 12.5. The zero-order valence-electron chi connectivity index (χ0n) is 7.31. The second kappa shape index (κ2) is 3.19. The van der Waals surface area contributed by atoms with Crippen molar-refractivity contribution in [2.75, 3.05) is 0 Å². The van der Waals surface area contributed by atoms with Gasteiger partial charge in [0.2, 0.25) is 0 Å². The molecule has 0 aromatic heterocycles. The van der Waals surface area contributed by atoms with Gasteiger partial charge in [0.05, 0.1) is 0 Å². The summed E-state index contributed by atoms with van der Waals surface area (Å²) in [6, 6.07) is 4.23. The van der Waals surface area contributed by atoms with Gasteiger partial charge in [-0.2, -0.15) is 0 Å². The molecule has 0 bridgehead atoms. The largest absolute Gasteiger partial charge is 0.511 e. The maximum Gasteiger partial charge on any atom is 0.511 e. The molecule has 1 aromatic carbocycles. The van der Waals surface area contributed by atoms with Gasteiger partial charge in [0.25, 0.3) is 0 Å². The van der Waals surface area contributed by atoms with Crippen LogP contribution >= 0.6 is 11.6 Å². The van der Waals surface area contributed by atoms with Crippen molar-refractivity contribution in [1.29, 1.82) is 0 Å². The third kappa shape index (κ3) is 1.90. The summed E-state index contributed by atoms with van der Waals surface area (Å²) in [5.74, 6) is 0.323. The summed E-state index contributed by atoms with van der Waals surface area (Å²) in [6.45, 7) is -4.98. The lowest BCUT2D eigenvalue weighted by Gasteiger charge is -2.17. The van der Waals surface area contributed by atoms with Gasteiger partial charge < -0.3 is 12.9 Å². The number of hydrogen-bond donors (Lipinski definition) is 0. The molecule has 1 aliphatic rings. The van der Waals surface area contributed by atoms with Crippen LogP contribution in [0.1, 0.15) is 24.3 Å². The Morgan fingerprint density at radius 3 is 2.36 bits per heavy atom. The molecule has 0 heterocycles. The van der Waals surface area contributed by atoms with Gasteiger partial charge in [-0.15, -0.1) is 0 Å². The van der Waals surface area contributed by atoms with Crippen LogP contribution in [0.3, 0.4) is 0 Å². The third-order valence-electron chi connectivity index (χ3n) is 2.42. The summed E-state index contributed by atoms with van der Waals surface area (Å²) < 4.78 is 37.5. The SMILES string of the molecule is F[B-](F)(F)c1cc(C2CC2)ccc1Cl. The summed E-state index contributed by atoms with van der Waals surface area (Å²) >= 11 is 5.50. The summed E-state index contributed by atoms with van der Waals surface area (Å²) in [4.78, 5) is 0. The van der Waals surface area contributed by atoms with Crippen LogP contribution in [-0.4, -0.2) is 6.98 Å². The normalized spacial score (nSPS) is 17.1. The van der Waals surface area contributed by atoms with Crippen LogP contribution in [0.2, 0.25) is 5.02 Å². The van der Waals surface area contributed by atoms with E-state index in [9.17, 15) is 12.9 Å². The lowest BCUT2D eigenvalue weighted by molar-refractivity contribution is 0.501. The lowest BCUT2D eigenvalue weighted by Crippen LogP contribution is -2.35. The topological polar surface area (TPSA) is 0 Å². The number of benzene rings is 1. The molecule has 0 spiro atoms. The van der Waals surface area contributed by atoms with E-state index in [4.69, 9.17) is 11.6 Å². The molecule has 0 unspecified atom stereocenters. The molecule has 1 saturated carbocycles. The molecular formula is C9H8BClF3-. The molecule has 1 fully saturated rings. The predicted molar refractivity (Wildman–Crippen MR) is 52.1 cm³/mol. The lowest BCUT2D eigenvalue weighted by atomic mass is 9.79. The third-order valence-corrected chi connectivity index (χ3v) is 2.77. The van der Waals surface area contributed by atoms with E-state index in [1.54, 1.807) is 6.07 Å². The van der Waals surface area contributed by atoms with E-state index >= 15 is 0 Å². The van der Waals surface area contributed by atoms with Gasteiger partial charge >= 0.3 is 6.98 Å². The summed E-state index contributed by atoms with van der Waals surface area (Å²) in [5.41, 5.74) is 0.111. The van der Waals surface area contributed by atoms with Crippen LogP contribution in [-0.2, 0) is 0 Å². The van der Waals surface area contributed by atoms with E-state index in [1.165, 1.54) is 12.1 Å². The number of rotatable bonds is 2. The Balaban J connectivity index is 2.41. The highest BCUT2D eigenvalue weighted by Gasteiger charge is 2.30. The zero-order valence-corrected chi connectivity index (χ0v) is 8.07. The van der Waals surface area contributed by atoms with Crippen LogP contribution in [0.5, 0.6) is 0 Å². The molecule has 5 heteroatoms. The summed E-state index contributed by atoms with van der Waals surface area (Å²) in [6.07, 6.45) is 1.98. The zero-order chi connectivity index (χ0) is 10.3. The van der Waals surface area contributed by atoms with E-state index < -0.39 is 12.4 Å². The van der Waals surface area contributed by atoms with Gasteiger partial charge in [0.15, 0.2) is 0 Å². The molecule has 0 amide bonds. The molecule has 14 heavy (non-hydrogen) atoms. The molecular weight excluding hydrogens is 211 g/mol. The second-order valence-electron chi connectivity index (χ2n) is 3.63. The second-order valence-corrected chi connectivity index (χ2v) is 4.04. The van der Waals surface area contributed by atoms with Crippen LogP contribution in [0.25, 0.3) is 0 Å². The van der Waals surface area contributed by atoms with Crippen molar-refractivity contribution in [3.8, 4) is 0 Å². The van der Waals surface area contributed by atoms with Crippen LogP contribution in [0.15, 0.2) is 18.2 Å². The molecule has 1 aromatic rings. The summed E-state index contributed by atoms with van der Waals surface area (Å²) in [5, 5.41) is -0.193. The highest BCUT2D eigenvalue weighted by molar-refractivity contribution is 6.76. The van der Waals surface area contributed by atoms with Gasteiger partial charge in [0, 0.05) is 5.02 Å². The fraction of sp³-hybridized carbons (Fsp3) is 0.333. The van der Waals surface area contributed by atoms with Crippen LogP contribution < -0.4 is 5.46 Å². The number of halogens is 4. The fourth-order valence-electron chi connectivity index (χ4n) is 1.48. The van der Waals surface area contributed by atoms with Crippen molar-refractivity contribution < 1.29 is 12.9 Å². The number of hydrogen-bond acceptors (Lipinski definition) is 0. The molecule has 0 aliphatic heterocycles. The average molecular weight is 219 g/mol. The Morgan fingerprint density at radius 2 is 1.86 bits per heavy atom. The Bertz CT molecular complexity index is 358. The highest BCUT2D eigenvalue weighted by Crippen LogP contribution is 2.40. The minimum Gasteiger partial charge on any atom is -0.445 e. The first-order valence-corrected chi connectivity index (χ1v) is 4.85. The quantitative estimate of drug-likeness (QED) is 0.670. The predicted octanol–water partition coefficient (Wildman–Crippen LogP) is 3.27. The van der Waals surface area contributed by atoms with Gasteiger partial charge in [-0.3, -0.25) is 0 Å². The van der Waals surface area contributed by atoms with Crippen molar-refractivity contribution in [3.63, 3.8) is 0 Å². The van der Waals surface area contributed by atoms with E-state index in [0.29, 0.717) is 5.92 Å². The van der Waals surface area contributed by atoms with Crippen molar-refractivity contribution in [2.24, 2.45) is 0 Å². The van der Waals surface area contributed by atoms with Crippen molar-refractivity contribution in [1.82, 2.24) is 0 Å². The molecule has 0 radical (unpaired) electrons. The molecule has 2 rings (SSSR count). The Kier molecular flexibility index (Phi) is 2.26. The molecule has 1 aliphatic carbocycles. The van der Waals surface area contributed by atoms with Gasteiger partial charge in [-0.25, -0.2) is 0 Å². The van der Waals surface area contributed by atoms with E-state index in [2.05, 4.69) is 0 Å². The van der Waals surface area contributed by atoms with E-state index in [1.807, 2.05) is 0 Å². The Hall–Kier alpha value is -0.635. The maximum atomic E-state index is 12.5. The van der Waals surface area contributed by atoms with Crippen LogP contribution in [0, 0.1) is 0 Å². The molecule has 76 valence electrons. The van der Waals surface area contributed by atoms with E-state index in [-0.39, 0.29) is 5.02 Å². The fourth-order valence-corrected chi connectivity index (χ4v) is 1.72. The molecule has 0 N–H and O–H groups in total. The Morgan fingerprint density at radius 1 is 1.21 bits per heavy atom. The molecule has 0 atom stereocenters. The minimum atomic E-state index is -4.98. The minimum absolute atomic E-state index is 0.193. The van der Waals surface area contributed by atoms with Crippen molar-refractivity contribution in [3.05, 3.63) is 28.8 Å². The highest BCUT2D eigenvalue weighted by atomic mass is 35.5. The van der Waals surface area contributed by atoms with Crippen molar-refractivity contribution in [2.45, 2.75) is 18.8 Å². The van der Waals surface area contributed by atoms with Gasteiger partial charge in [-0.05, 0) is 30.4 Å². The first kappa shape index (κ1) is 9.90. The molecule has 0 nitrogen and oxygen atoms in total. The van der Waals surface area contributed by atoms with Crippen LogP contribution in [0.4, 0.5) is 12.9 Å². The Labute approximate surface area is 85.1 Å². The smallest absolute Gasteiger partial charge is 0.445 e. The average Bonchev–Trinajstić information content (AvgIpc) is 2.85. The van der Waals surface area contributed by atoms with Gasteiger partial charge in [-0.1, -0.05) is 29.2 Å². The summed E-state index contributed by atoms with van der Waals surface area (Å²) in [7, 11) is 0. The van der Waals surface area contributed by atoms with Gasteiger partial charge in [0.1, 0.15) is 0 Å². The monoisotopic (exact) mass is 219 g/mol. The standard InChI is InChI=1S/C9H8BClF3/c11-9-4-3-7(6-1-2-6)5-8(9)10(12,13)14/h3-6H,1-2H2/q-1.